The minimum atomic E-state index is -4.95. The minimum absolute atomic E-state index is 0.0840. The van der Waals surface area contributed by atoms with Gasteiger partial charge in [-0.1, -0.05) is 18.2 Å². The largest absolute Gasteiger partial charge is 0.448 e. The molecule has 2 heterocycles. The molecular weight excluding hydrogens is 470 g/mol. The van der Waals surface area contributed by atoms with Crippen LogP contribution in [0.2, 0.25) is 0 Å². The molecule has 4 rings (SSSR count). The molecule has 0 fully saturated rings. The maximum atomic E-state index is 14.8. The predicted molar refractivity (Wildman–Crippen MR) is 115 cm³/mol. The molecule has 0 atom stereocenters. The standard InChI is InChI=1S/C23H15F4N5O3/c1-31-19(29-30-22(31)34)12-32-9-8-16(23(25,26)27)20(21(32)33)35-18-7-6-15(10-17(18)24)14-4-2-13(11-28)3-5-14/h2-10H,12H2,1H3,(H,30,34). The highest BCUT2D eigenvalue weighted by Gasteiger charge is 2.37. The van der Waals surface area contributed by atoms with E-state index in [1.807, 2.05) is 6.07 Å². The molecule has 178 valence electrons. The van der Waals surface area contributed by atoms with Gasteiger partial charge in [0.15, 0.2) is 17.4 Å². The molecular formula is C23H15F4N5O3. The average molecular weight is 485 g/mol. The molecule has 8 nitrogen and oxygen atoms in total. The molecule has 2 aromatic carbocycles. The summed E-state index contributed by atoms with van der Waals surface area (Å²) in [5.74, 6) is -2.62. The van der Waals surface area contributed by atoms with Gasteiger partial charge in [-0.3, -0.25) is 9.36 Å². The van der Waals surface area contributed by atoms with Crippen molar-refractivity contribution in [3.05, 3.63) is 98.3 Å². The summed E-state index contributed by atoms with van der Waals surface area (Å²) in [6, 6.07) is 12.4. The van der Waals surface area contributed by atoms with Gasteiger partial charge < -0.3 is 9.30 Å². The van der Waals surface area contributed by atoms with Crippen molar-refractivity contribution in [1.29, 1.82) is 5.26 Å². The molecule has 0 spiro atoms. The number of H-pyrrole nitrogens is 1. The SMILES string of the molecule is Cn1c(Cn2ccc(C(F)(F)F)c(Oc3ccc(-c4ccc(C#N)cc4)cc3F)c2=O)n[nH]c1=O. The van der Waals surface area contributed by atoms with E-state index in [4.69, 9.17) is 10.00 Å². The van der Waals surface area contributed by atoms with Crippen LogP contribution in [0.15, 0.2) is 64.3 Å². The lowest BCUT2D eigenvalue weighted by Crippen LogP contribution is -2.26. The van der Waals surface area contributed by atoms with E-state index in [0.717, 1.165) is 27.5 Å². The highest BCUT2D eigenvalue weighted by Crippen LogP contribution is 2.37. The van der Waals surface area contributed by atoms with Gasteiger partial charge in [0.05, 0.1) is 18.2 Å². The molecule has 0 saturated heterocycles. The zero-order chi connectivity index (χ0) is 25.3. The molecule has 35 heavy (non-hydrogen) atoms. The van der Waals surface area contributed by atoms with Crippen molar-refractivity contribution in [2.24, 2.45) is 7.05 Å². The van der Waals surface area contributed by atoms with Crippen LogP contribution in [0.25, 0.3) is 11.1 Å². The van der Waals surface area contributed by atoms with Crippen LogP contribution in [-0.2, 0) is 19.8 Å². The Morgan fingerprint density at radius 1 is 1.09 bits per heavy atom. The van der Waals surface area contributed by atoms with Crippen LogP contribution in [0.4, 0.5) is 17.6 Å². The van der Waals surface area contributed by atoms with E-state index in [0.29, 0.717) is 22.8 Å². The van der Waals surface area contributed by atoms with Crippen molar-refractivity contribution < 1.29 is 22.3 Å². The molecule has 0 bridgehead atoms. The van der Waals surface area contributed by atoms with Crippen LogP contribution in [0, 0.1) is 17.1 Å². The van der Waals surface area contributed by atoms with Crippen molar-refractivity contribution in [1.82, 2.24) is 19.3 Å². The van der Waals surface area contributed by atoms with Crippen molar-refractivity contribution in [2.45, 2.75) is 12.7 Å². The molecule has 2 aromatic heterocycles. The Hall–Kier alpha value is -4.66. The lowest BCUT2D eigenvalue weighted by molar-refractivity contribution is -0.138. The Kier molecular flexibility index (Phi) is 6.00. The van der Waals surface area contributed by atoms with E-state index in [2.05, 4.69) is 10.2 Å². The average Bonchev–Trinajstić information content (AvgIpc) is 3.14. The smallest absolute Gasteiger partial charge is 0.420 e. The lowest BCUT2D eigenvalue weighted by atomic mass is 10.0. The normalized spacial score (nSPS) is 11.3. The number of nitrogens with zero attached hydrogens (tertiary/aromatic N) is 4. The van der Waals surface area contributed by atoms with E-state index in [-0.39, 0.29) is 12.4 Å². The zero-order valence-corrected chi connectivity index (χ0v) is 17.9. The van der Waals surface area contributed by atoms with Gasteiger partial charge in [-0.05, 0) is 41.5 Å². The molecule has 12 heteroatoms. The number of nitriles is 1. The second kappa shape index (κ2) is 8.94. The summed E-state index contributed by atoms with van der Waals surface area (Å²) in [5.41, 5.74) is -1.78. The first-order chi connectivity index (χ1) is 16.6. The monoisotopic (exact) mass is 485 g/mol. The maximum absolute atomic E-state index is 14.8. The first-order valence-corrected chi connectivity index (χ1v) is 9.97. The number of rotatable bonds is 5. The Morgan fingerprint density at radius 2 is 1.77 bits per heavy atom. The Bertz CT molecular complexity index is 1560. The van der Waals surface area contributed by atoms with Crippen molar-refractivity contribution >= 4 is 0 Å². The molecule has 0 radical (unpaired) electrons. The van der Waals surface area contributed by atoms with Crippen molar-refractivity contribution in [2.75, 3.05) is 0 Å². The fraction of sp³-hybridized carbons (Fsp3) is 0.130. The van der Waals surface area contributed by atoms with Gasteiger partial charge in [-0.15, -0.1) is 0 Å². The van der Waals surface area contributed by atoms with Crippen LogP contribution < -0.4 is 16.0 Å². The fourth-order valence-electron chi connectivity index (χ4n) is 3.28. The summed E-state index contributed by atoms with van der Waals surface area (Å²) in [6.45, 7) is -0.331. The van der Waals surface area contributed by atoms with Crippen LogP contribution in [0.5, 0.6) is 11.5 Å². The molecule has 0 aliphatic rings. The maximum Gasteiger partial charge on any atom is 0.420 e. The zero-order valence-electron chi connectivity index (χ0n) is 17.9. The molecule has 0 aliphatic heterocycles. The molecule has 0 saturated carbocycles. The quantitative estimate of drug-likeness (QED) is 0.433. The first-order valence-electron chi connectivity index (χ1n) is 9.97. The fourth-order valence-corrected chi connectivity index (χ4v) is 3.28. The number of benzene rings is 2. The summed E-state index contributed by atoms with van der Waals surface area (Å²) < 4.78 is 62.7. The van der Waals surface area contributed by atoms with Gasteiger partial charge in [0.25, 0.3) is 5.56 Å². The van der Waals surface area contributed by atoms with Gasteiger partial charge in [0.2, 0.25) is 5.75 Å². The van der Waals surface area contributed by atoms with E-state index >= 15 is 0 Å². The highest BCUT2D eigenvalue weighted by molar-refractivity contribution is 5.65. The number of aromatic amines is 1. The highest BCUT2D eigenvalue weighted by atomic mass is 19.4. The predicted octanol–water partition coefficient (Wildman–Crippen LogP) is 3.81. The lowest BCUT2D eigenvalue weighted by Gasteiger charge is -2.16. The number of hydrogen-bond donors (Lipinski definition) is 1. The van der Waals surface area contributed by atoms with Crippen molar-refractivity contribution in [3.63, 3.8) is 0 Å². The van der Waals surface area contributed by atoms with Gasteiger partial charge in [-0.25, -0.2) is 14.3 Å². The van der Waals surface area contributed by atoms with Gasteiger partial charge in [0.1, 0.15) is 5.56 Å². The van der Waals surface area contributed by atoms with Crippen molar-refractivity contribution in [3.8, 4) is 28.7 Å². The minimum Gasteiger partial charge on any atom is -0.448 e. The summed E-state index contributed by atoms with van der Waals surface area (Å²) >= 11 is 0. The second-order valence-electron chi connectivity index (χ2n) is 7.43. The second-order valence-corrected chi connectivity index (χ2v) is 7.43. The van der Waals surface area contributed by atoms with Gasteiger partial charge >= 0.3 is 11.9 Å². The number of ether oxygens (including phenoxy) is 1. The number of pyridine rings is 1. The number of alkyl halides is 3. The molecule has 0 unspecified atom stereocenters. The first kappa shape index (κ1) is 23.5. The van der Waals surface area contributed by atoms with E-state index in [9.17, 15) is 27.2 Å². The molecule has 0 aliphatic carbocycles. The van der Waals surface area contributed by atoms with Crippen LogP contribution in [0.3, 0.4) is 0 Å². The van der Waals surface area contributed by atoms with E-state index in [1.165, 1.54) is 25.2 Å². The number of hydrogen-bond acceptors (Lipinski definition) is 5. The molecule has 0 amide bonds. The Morgan fingerprint density at radius 3 is 2.34 bits per heavy atom. The Labute approximate surface area is 194 Å². The third-order valence-electron chi connectivity index (χ3n) is 5.20. The van der Waals surface area contributed by atoms with Crippen LogP contribution in [-0.4, -0.2) is 19.3 Å². The van der Waals surface area contributed by atoms with Crippen LogP contribution in [0.1, 0.15) is 17.0 Å². The summed E-state index contributed by atoms with van der Waals surface area (Å²) in [7, 11) is 1.37. The summed E-state index contributed by atoms with van der Waals surface area (Å²) in [6.07, 6.45) is -4.06. The number of halogens is 4. The summed E-state index contributed by atoms with van der Waals surface area (Å²) in [5, 5.41) is 14.8. The Balaban J connectivity index is 1.72. The molecule has 4 aromatic rings. The summed E-state index contributed by atoms with van der Waals surface area (Å²) in [4.78, 5) is 24.4. The third kappa shape index (κ3) is 4.70. The number of aromatic nitrogens is 4. The topological polar surface area (TPSA) is 106 Å². The number of nitrogens with one attached hydrogen (secondary N) is 1. The third-order valence-corrected chi connectivity index (χ3v) is 5.20. The van der Waals surface area contributed by atoms with E-state index < -0.39 is 40.3 Å². The van der Waals surface area contributed by atoms with Gasteiger partial charge in [0, 0.05) is 13.2 Å². The van der Waals surface area contributed by atoms with Gasteiger partial charge in [-0.2, -0.15) is 23.5 Å². The van der Waals surface area contributed by atoms with E-state index in [1.54, 1.807) is 12.1 Å². The van der Waals surface area contributed by atoms with Crippen LogP contribution >= 0.6 is 0 Å². The molecule has 1 N–H and O–H groups in total.